The van der Waals surface area contributed by atoms with Crippen LogP contribution in [0.1, 0.15) is 12.8 Å². The molecular weight excluding hydrogens is 148 g/mol. The molecule has 0 rings (SSSR count). The summed E-state index contributed by atoms with van der Waals surface area (Å²) in [6.45, 7) is 0.0255. The molecule has 0 aromatic heterocycles. The number of hydrogen-bond acceptors (Lipinski definition) is 4. The van der Waals surface area contributed by atoms with E-state index in [4.69, 9.17) is 10.8 Å². The lowest BCUT2D eigenvalue weighted by molar-refractivity contribution is -0.123. The van der Waals surface area contributed by atoms with Crippen LogP contribution in [0.2, 0.25) is 0 Å². The highest BCUT2D eigenvalue weighted by Crippen LogP contribution is 1.83. The fourth-order valence-corrected chi connectivity index (χ4v) is 0.497. The molecule has 0 radical (unpaired) electrons. The number of carbonyl (C=O) groups is 2. The van der Waals surface area contributed by atoms with Gasteiger partial charge in [-0.15, -0.1) is 0 Å². The zero-order valence-electron chi connectivity index (χ0n) is 6.12. The van der Waals surface area contributed by atoms with Gasteiger partial charge in [0, 0.05) is 12.8 Å². The highest BCUT2D eigenvalue weighted by molar-refractivity contribution is 5.77. The lowest BCUT2D eigenvalue weighted by Gasteiger charge is -2.05. The average molecular weight is 160 g/mol. The molecule has 0 fully saturated rings. The molecule has 0 saturated heterocycles. The van der Waals surface area contributed by atoms with Crippen molar-refractivity contribution in [3.05, 3.63) is 0 Å². The summed E-state index contributed by atoms with van der Waals surface area (Å²) >= 11 is 0. The van der Waals surface area contributed by atoms with Crippen LogP contribution in [0, 0.1) is 0 Å². The second-order valence-electron chi connectivity index (χ2n) is 2.08. The number of aliphatic hydroxyl groups is 1. The minimum atomic E-state index is -1.03. The molecule has 0 aliphatic rings. The smallest absolute Gasteiger partial charge is 0.220 e. The molecule has 11 heavy (non-hydrogen) atoms. The number of carbonyl (C=O) groups excluding carboxylic acids is 2. The van der Waals surface area contributed by atoms with E-state index in [-0.39, 0.29) is 25.3 Å². The van der Waals surface area contributed by atoms with Crippen molar-refractivity contribution < 1.29 is 14.7 Å². The third-order valence-corrected chi connectivity index (χ3v) is 0.998. The predicted octanol–water partition coefficient (Wildman–Crippen LogP) is -1.64. The van der Waals surface area contributed by atoms with Crippen LogP contribution in [0.3, 0.4) is 0 Å². The Morgan fingerprint density at radius 1 is 1.73 bits per heavy atom. The summed E-state index contributed by atoms with van der Waals surface area (Å²) < 4.78 is 0. The maximum atomic E-state index is 10.7. The van der Waals surface area contributed by atoms with Crippen LogP contribution in [0.5, 0.6) is 0 Å². The van der Waals surface area contributed by atoms with E-state index in [1.165, 1.54) is 0 Å². The summed E-state index contributed by atoms with van der Waals surface area (Å²) in [5.41, 5.74) is 4.94. The van der Waals surface area contributed by atoms with Gasteiger partial charge < -0.3 is 21.0 Å². The van der Waals surface area contributed by atoms with E-state index >= 15 is 0 Å². The van der Waals surface area contributed by atoms with E-state index < -0.39 is 6.23 Å². The van der Waals surface area contributed by atoms with Gasteiger partial charge in [-0.25, -0.2) is 0 Å². The molecule has 4 N–H and O–H groups in total. The van der Waals surface area contributed by atoms with Crippen molar-refractivity contribution >= 4 is 12.2 Å². The molecular formula is C6H12N2O3. The van der Waals surface area contributed by atoms with Gasteiger partial charge in [-0.3, -0.25) is 4.79 Å². The minimum Gasteiger partial charge on any atom is -0.377 e. The molecule has 5 heteroatoms. The first kappa shape index (κ1) is 10.1. The third-order valence-electron chi connectivity index (χ3n) is 0.998. The van der Waals surface area contributed by atoms with E-state index in [1.807, 2.05) is 0 Å². The van der Waals surface area contributed by atoms with Crippen LogP contribution >= 0.6 is 0 Å². The number of nitrogens with one attached hydrogen (secondary N) is 1. The Balaban J connectivity index is 3.29. The summed E-state index contributed by atoms with van der Waals surface area (Å²) in [4.78, 5) is 20.5. The van der Waals surface area contributed by atoms with Gasteiger partial charge in [0.05, 0.1) is 6.54 Å². The molecule has 64 valence electrons. The van der Waals surface area contributed by atoms with Crippen molar-refractivity contribution in [1.29, 1.82) is 0 Å². The molecule has 0 aliphatic carbocycles. The molecule has 0 heterocycles. The Labute approximate surface area is 64.6 Å². The monoisotopic (exact) mass is 160 g/mol. The van der Waals surface area contributed by atoms with Gasteiger partial charge >= 0.3 is 0 Å². The molecule has 1 atom stereocenters. The van der Waals surface area contributed by atoms with Crippen LogP contribution < -0.4 is 11.1 Å². The molecule has 0 saturated carbocycles. The molecule has 0 spiro atoms. The van der Waals surface area contributed by atoms with Gasteiger partial charge in [-0.05, 0) is 0 Å². The zero-order valence-corrected chi connectivity index (χ0v) is 6.12. The van der Waals surface area contributed by atoms with Crippen molar-refractivity contribution in [2.24, 2.45) is 5.73 Å². The minimum absolute atomic E-state index is 0.0255. The topological polar surface area (TPSA) is 92.4 Å². The Hall–Kier alpha value is -0.940. The quantitative estimate of drug-likeness (QED) is 0.332. The van der Waals surface area contributed by atoms with Crippen LogP contribution in [0.4, 0.5) is 0 Å². The predicted molar refractivity (Wildman–Crippen MR) is 38.5 cm³/mol. The second-order valence-corrected chi connectivity index (χ2v) is 2.08. The van der Waals surface area contributed by atoms with Crippen LogP contribution in [0.15, 0.2) is 0 Å². The van der Waals surface area contributed by atoms with Crippen LogP contribution in [-0.2, 0) is 9.59 Å². The average Bonchev–Trinajstić information content (AvgIpc) is 1.97. The molecule has 0 aromatic carbocycles. The highest BCUT2D eigenvalue weighted by Gasteiger charge is 2.01. The van der Waals surface area contributed by atoms with Crippen LogP contribution in [-0.4, -0.2) is 30.1 Å². The highest BCUT2D eigenvalue weighted by atomic mass is 16.3. The summed E-state index contributed by atoms with van der Waals surface area (Å²) in [5.74, 6) is -0.276. The first-order chi connectivity index (χ1) is 5.16. The van der Waals surface area contributed by atoms with Gasteiger partial charge in [0.15, 0.2) is 0 Å². The number of rotatable bonds is 5. The Kier molecular flexibility index (Phi) is 5.32. The van der Waals surface area contributed by atoms with E-state index in [0.717, 1.165) is 0 Å². The van der Waals surface area contributed by atoms with Crippen molar-refractivity contribution in [1.82, 2.24) is 5.32 Å². The summed E-state index contributed by atoms with van der Waals surface area (Å²) in [5, 5.41) is 10.9. The van der Waals surface area contributed by atoms with Gasteiger partial charge in [0.1, 0.15) is 12.5 Å². The van der Waals surface area contributed by atoms with Gasteiger partial charge in [-0.2, -0.15) is 0 Å². The first-order valence-corrected chi connectivity index (χ1v) is 3.30. The third kappa shape index (κ3) is 6.95. The fourth-order valence-electron chi connectivity index (χ4n) is 0.497. The van der Waals surface area contributed by atoms with E-state index in [1.54, 1.807) is 0 Å². The lowest BCUT2D eigenvalue weighted by atomic mass is 10.3. The van der Waals surface area contributed by atoms with Gasteiger partial charge in [0.2, 0.25) is 5.91 Å². The maximum absolute atomic E-state index is 10.7. The van der Waals surface area contributed by atoms with E-state index in [9.17, 15) is 9.59 Å². The number of amides is 1. The van der Waals surface area contributed by atoms with Gasteiger partial charge in [-0.1, -0.05) is 0 Å². The van der Waals surface area contributed by atoms with Crippen molar-refractivity contribution in [2.75, 3.05) is 6.54 Å². The molecule has 5 nitrogen and oxygen atoms in total. The fraction of sp³-hybridized carbons (Fsp3) is 0.667. The second kappa shape index (κ2) is 5.82. The Bertz CT molecular complexity index is 136. The Morgan fingerprint density at radius 3 is 2.82 bits per heavy atom. The van der Waals surface area contributed by atoms with E-state index in [2.05, 4.69) is 5.32 Å². The van der Waals surface area contributed by atoms with E-state index in [0.29, 0.717) is 6.29 Å². The Morgan fingerprint density at radius 2 is 2.36 bits per heavy atom. The molecule has 1 amide bonds. The first-order valence-electron chi connectivity index (χ1n) is 3.30. The normalized spacial score (nSPS) is 12.2. The van der Waals surface area contributed by atoms with Crippen molar-refractivity contribution in [3.8, 4) is 0 Å². The largest absolute Gasteiger partial charge is 0.377 e. The summed E-state index contributed by atoms with van der Waals surface area (Å²) in [6, 6.07) is 0. The molecule has 0 aromatic rings. The lowest BCUT2D eigenvalue weighted by Crippen LogP contribution is -2.36. The SMILES string of the molecule is NC(O)CNC(=O)CCC=O. The standard InChI is InChI=1S/C6H12N2O3/c7-5(10)4-8-6(11)2-1-3-9/h3,5,10H,1-2,4,7H2,(H,8,11). The van der Waals surface area contributed by atoms with Crippen molar-refractivity contribution in [2.45, 2.75) is 19.1 Å². The summed E-state index contributed by atoms with van der Waals surface area (Å²) in [7, 11) is 0. The maximum Gasteiger partial charge on any atom is 0.220 e. The number of aldehydes is 1. The molecule has 0 aliphatic heterocycles. The number of hydrogen-bond donors (Lipinski definition) is 3. The summed E-state index contributed by atoms with van der Waals surface area (Å²) in [6.07, 6.45) is -0.0172. The van der Waals surface area contributed by atoms with Crippen LogP contribution in [0.25, 0.3) is 0 Å². The number of nitrogens with two attached hydrogens (primary N) is 1. The van der Waals surface area contributed by atoms with Crippen molar-refractivity contribution in [3.63, 3.8) is 0 Å². The number of aliphatic hydroxyl groups excluding tert-OH is 1. The molecule has 0 bridgehead atoms. The van der Waals surface area contributed by atoms with Gasteiger partial charge in [0.25, 0.3) is 0 Å². The molecule has 1 unspecified atom stereocenters. The zero-order chi connectivity index (χ0) is 8.69.